The van der Waals surface area contributed by atoms with Crippen molar-refractivity contribution in [2.45, 2.75) is 32.4 Å². The summed E-state index contributed by atoms with van der Waals surface area (Å²) >= 11 is 0. The quantitative estimate of drug-likeness (QED) is 0.531. The van der Waals surface area contributed by atoms with E-state index < -0.39 is 0 Å². The molecular weight excluding hydrogens is 232 g/mol. The maximum Gasteiger partial charge on any atom is 0.0615 e. The van der Waals surface area contributed by atoms with Gasteiger partial charge in [-0.2, -0.15) is 0 Å². The topological polar surface area (TPSA) is 54.0 Å². The summed E-state index contributed by atoms with van der Waals surface area (Å²) in [5.74, 6) is 0. The van der Waals surface area contributed by atoms with Crippen molar-refractivity contribution in [3.8, 4) is 0 Å². The zero-order chi connectivity index (χ0) is 13.8. The van der Waals surface area contributed by atoms with Gasteiger partial charge < -0.3 is 19.9 Å². The van der Waals surface area contributed by atoms with Crippen molar-refractivity contribution in [2.75, 3.05) is 53.7 Å². The highest BCUT2D eigenvalue weighted by atomic mass is 16.5. The third-order valence-corrected chi connectivity index (χ3v) is 2.97. The van der Waals surface area contributed by atoms with Gasteiger partial charge in [0.15, 0.2) is 0 Å². The highest BCUT2D eigenvalue weighted by molar-refractivity contribution is 4.75. The molecular formula is C13H30N2O3. The van der Waals surface area contributed by atoms with Gasteiger partial charge in [-0.15, -0.1) is 0 Å². The van der Waals surface area contributed by atoms with Crippen LogP contribution in [0.4, 0.5) is 0 Å². The summed E-state index contributed by atoms with van der Waals surface area (Å²) in [6.45, 7) is 8.39. The van der Waals surface area contributed by atoms with E-state index in [-0.39, 0.29) is 12.6 Å². The van der Waals surface area contributed by atoms with E-state index in [2.05, 4.69) is 24.1 Å². The lowest BCUT2D eigenvalue weighted by molar-refractivity contribution is 0.0625. The normalized spacial score (nSPS) is 15.0. The second kappa shape index (κ2) is 11.9. The maximum atomic E-state index is 9.39. The molecule has 0 saturated carbocycles. The van der Waals surface area contributed by atoms with Gasteiger partial charge in [0, 0.05) is 39.4 Å². The first kappa shape index (κ1) is 17.8. The first-order chi connectivity index (χ1) is 8.69. The van der Waals surface area contributed by atoms with Crippen LogP contribution in [0.5, 0.6) is 0 Å². The lowest BCUT2D eigenvalue weighted by Gasteiger charge is -2.31. The van der Waals surface area contributed by atoms with Crippen LogP contribution < -0.4 is 5.32 Å². The molecule has 5 heteroatoms. The van der Waals surface area contributed by atoms with E-state index in [1.54, 1.807) is 14.2 Å². The number of aliphatic hydroxyl groups is 1. The molecule has 0 saturated heterocycles. The van der Waals surface area contributed by atoms with Crippen LogP contribution in [-0.2, 0) is 9.47 Å². The summed E-state index contributed by atoms with van der Waals surface area (Å²) in [6, 6.07) is 0.434. The van der Waals surface area contributed by atoms with E-state index in [0.717, 1.165) is 26.1 Å². The van der Waals surface area contributed by atoms with Gasteiger partial charge in [-0.05, 0) is 19.9 Å². The Balaban J connectivity index is 4.24. The van der Waals surface area contributed by atoms with Crippen LogP contribution >= 0.6 is 0 Å². The highest BCUT2D eigenvalue weighted by Gasteiger charge is 2.18. The fourth-order valence-electron chi connectivity index (χ4n) is 1.87. The fraction of sp³-hybridized carbons (Fsp3) is 1.00. The van der Waals surface area contributed by atoms with Crippen molar-refractivity contribution < 1.29 is 14.6 Å². The zero-order valence-electron chi connectivity index (χ0n) is 12.3. The second-order valence-electron chi connectivity index (χ2n) is 4.63. The molecule has 0 bridgehead atoms. The minimum atomic E-state index is 0.112. The molecule has 0 aliphatic rings. The van der Waals surface area contributed by atoms with E-state index in [0.29, 0.717) is 19.3 Å². The molecule has 5 nitrogen and oxygen atoms in total. The summed E-state index contributed by atoms with van der Waals surface area (Å²) in [6.07, 6.45) is 1.07. The first-order valence-corrected chi connectivity index (χ1v) is 6.75. The molecule has 0 amide bonds. The van der Waals surface area contributed by atoms with Crippen LogP contribution in [0.3, 0.4) is 0 Å². The van der Waals surface area contributed by atoms with Crippen molar-refractivity contribution in [1.82, 2.24) is 10.2 Å². The van der Waals surface area contributed by atoms with Crippen LogP contribution in [0, 0.1) is 0 Å². The summed E-state index contributed by atoms with van der Waals surface area (Å²) in [5, 5.41) is 12.7. The van der Waals surface area contributed by atoms with Crippen molar-refractivity contribution in [1.29, 1.82) is 0 Å². The molecule has 2 unspecified atom stereocenters. The molecule has 0 aliphatic heterocycles. The molecule has 0 aliphatic carbocycles. The van der Waals surface area contributed by atoms with E-state index >= 15 is 0 Å². The molecule has 0 aromatic carbocycles. The average molecular weight is 262 g/mol. The molecule has 0 rings (SSSR count). The second-order valence-corrected chi connectivity index (χ2v) is 4.63. The predicted molar refractivity (Wildman–Crippen MR) is 74.0 cm³/mol. The van der Waals surface area contributed by atoms with Crippen LogP contribution in [0.2, 0.25) is 0 Å². The zero-order valence-corrected chi connectivity index (χ0v) is 12.3. The maximum absolute atomic E-state index is 9.39. The Morgan fingerprint density at radius 3 is 2.50 bits per heavy atom. The summed E-state index contributed by atoms with van der Waals surface area (Å²) < 4.78 is 10.3. The minimum Gasteiger partial charge on any atom is -0.395 e. The summed E-state index contributed by atoms with van der Waals surface area (Å²) in [7, 11) is 3.42. The Kier molecular flexibility index (Phi) is 11.7. The lowest BCUT2D eigenvalue weighted by atomic mass is 10.2. The number of hydrogen-bond acceptors (Lipinski definition) is 5. The van der Waals surface area contributed by atoms with Gasteiger partial charge in [-0.1, -0.05) is 6.92 Å². The van der Waals surface area contributed by atoms with E-state index in [9.17, 15) is 5.11 Å². The van der Waals surface area contributed by atoms with E-state index in [1.165, 1.54) is 0 Å². The van der Waals surface area contributed by atoms with Crippen LogP contribution in [-0.4, -0.2) is 75.8 Å². The average Bonchev–Trinajstić information content (AvgIpc) is 2.38. The molecule has 18 heavy (non-hydrogen) atoms. The van der Waals surface area contributed by atoms with E-state index in [4.69, 9.17) is 9.47 Å². The van der Waals surface area contributed by atoms with Crippen LogP contribution in [0.15, 0.2) is 0 Å². The molecule has 110 valence electrons. The van der Waals surface area contributed by atoms with Crippen LogP contribution in [0.25, 0.3) is 0 Å². The predicted octanol–water partition coefficient (Wildman–Crippen LogP) is 0.330. The van der Waals surface area contributed by atoms with Gasteiger partial charge in [0.1, 0.15) is 0 Å². The standard InChI is InChI=1S/C13H30N2O3/c1-5-6-14-13(10-16)9-15(7-8-17-3)12(2)11-18-4/h12-14,16H,5-11H2,1-4H3. The van der Waals surface area contributed by atoms with Crippen molar-refractivity contribution in [3.05, 3.63) is 0 Å². The number of methoxy groups -OCH3 is 2. The fourth-order valence-corrected chi connectivity index (χ4v) is 1.87. The molecule has 2 N–H and O–H groups in total. The summed E-state index contributed by atoms with van der Waals surface area (Å²) in [5.41, 5.74) is 0. The monoisotopic (exact) mass is 262 g/mol. The molecule has 0 spiro atoms. The number of rotatable bonds is 12. The van der Waals surface area contributed by atoms with Crippen LogP contribution in [0.1, 0.15) is 20.3 Å². The SMILES string of the molecule is CCCNC(CO)CN(CCOC)C(C)COC. The first-order valence-electron chi connectivity index (χ1n) is 6.75. The van der Waals surface area contributed by atoms with E-state index in [1.807, 2.05) is 0 Å². The smallest absolute Gasteiger partial charge is 0.0615 e. The molecule has 2 atom stereocenters. The van der Waals surface area contributed by atoms with Crippen molar-refractivity contribution in [3.63, 3.8) is 0 Å². The lowest BCUT2D eigenvalue weighted by Crippen LogP contribution is -2.48. The largest absolute Gasteiger partial charge is 0.395 e. The number of aliphatic hydroxyl groups excluding tert-OH is 1. The Labute approximate surface area is 111 Å². The van der Waals surface area contributed by atoms with Gasteiger partial charge in [-0.25, -0.2) is 0 Å². The Bertz CT molecular complexity index is 182. The van der Waals surface area contributed by atoms with Gasteiger partial charge in [-0.3, -0.25) is 4.90 Å². The van der Waals surface area contributed by atoms with Gasteiger partial charge in [0.25, 0.3) is 0 Å². The molecule has 0 fully saturated rings. The Morgan fingerprint density at radius 1 is 1.28 bits per heavy atom. The number of nitrogens with one attached hydrogen (secondary N) is 1. The Morgan fingerprint density at radius 2 is 2.00 bits per heavy atom. The minimum absolute atomic E-state index is 0.112. The van der Waals surface area contributed by atoms with Crippen molar-refractivity contribution >= 4 is 0 Å². The molecule has 0 heterocycles. The molecule has 0 radical (unpaired) electrons. The highest BCUT2D eigenvalue weighted by Crippen LogP contribution is 2.02. The van der Waals surface area contributed by atoms with Crippen molar-refractivity contribution in [2.24, 2.45) is 0 Å². The molecule has 0 aromatic heterocycles. The van der Waals surface area contributed by atoms with Gasteiger partial charge in [0.2, 0.25) is 0 Å². The third-order valence-electron chi connectivity index (χ3n) is 2.97. The Hall–Kier alpha value is -0.200. The number of hydrogen-bond donors (Lipinski definition) is 2. The van der Waals surface area contributed by atoms with Gasteiger partial charge >= 0.3 is 0 Å². The number of ether oxygens (including phenoxy) is 2. The number of nitrogens with zero attached hydrogens (tertiary/aromatic N) is 1. The molecule has 0 aromatic rings. The van der Waals surface area contributed by atoms with Gasteiger partial charge in [0.05, 0.1) is 19.8 Å². The summed E-state index contributed by atoms with van der Waals surface area (Å²) in [4.78, 5) is 2.29. The third kappa shape index (κ3) is 8.00.